The van der Waals surface area contributed by atoms with Gasteiger partial charge in [0.2, 0.25) is 5.91 Å². The van der Waals surface area contributed by atoms with Gasteiger partial charge < -0.3 is 24.4 Å². The molecule has 0 aliphatic carbocycles. The molecule has 2 amide bonds. The Morgan fingerprint density at radius 3 is 2.53 bits per heavy atom. The van der Waals surface area contributed by atoms with Crippen LogP contribution in [0.4, 0.5) is 15.3 Å². The second-order valence-corrected chi connectivity index (χ2v) is 10.4. The quantitative estimate of drug-likeness (QED) is 0.419. The van der Waals surface area contributed by atoms with E-state index in [1.807, 2.05) is 32.0 Å². The number of ether oxygens (including phenoxy) is 3. The predicted molar refractivity (Wildman–Crippen MR) is 125 cm³/mol. The Hall–Kier alpha value is -2.29. The van der Waals surface area contributed by atoms with Crippen LogP contribution in [0.25, 0.3) is 0 Å². The summed E-state index contributed by atoms with van der Waals surface area (Å²) < 4.78 is 16.5. The fraction of sp³-hybridized carbons (Fsp3) is 0.609. The number of carbonyl (C=O) groups is 3. The monoisotopic (exact) mass is 512 g/mol. The van der Waals surface area contributed by atoms with Gasteiger partial charge in [-0.05, 0) is 71.1 Å². The number of hydrogen-bond acceptors (Lipinski definition) is 6. The van der Waals surface area contributed by atoms with Crippen LogP contribution in [0.15, 0.2) is 22.7 Å². The van der Waals surface area contributed by atoms with Gasteiger partial charge in [0, 0.05) is 23.6 Å². The maximum absolute atomic E-state index is 12.4. The number of anilines is 1. The van der Waals surface area contributed by atoms with Gasteiger partial charge in [-0.2, -0.15) is 0 Å². The molecule has 1 aromatic rings. The van der Waals surface area contributed by atoms with E-state index in [2.05, 4.69) is 21.2 Å². The second kappa shape index (κ2) is 10.6. The normalized spacial score (nSPS) is 16.7. The van der Waals surface area contributed by atoms with Crippen molar-refractivity contribution in [2.45, 2.75) is 71.0 Å². The van der Waals surface area contributed by atoms with Crippen molar-refractivity contribution in [1.82, 2.24) is 5.32 Å². The Kier molecular flexibility index (Phi) is 8.56. The van der Waals surface area contributed by atoms with Crippen LogP contribution >= 0.6 is 15.9 Å². The zero-order chi connectivity index (χ0) is 24.1. The first-order valence-electron chi connectivity index (χ1n) is 10.7. The fourth-order valence-electron chi connectivity index (χ4n) is 3.61. The molecule has 178 valence electrons. The van der Waals surface area contributed by atoms with Crippen LogP contribution in [-0.2, 0) is 19.0 Å². The van der Waals surface area contributed by atoms with Crippen molar-refractivity contribution in [3.8, 4) is 0 Å². The van der Waals surface area contributed by atoms with Gasteiger partial charge in [-0.3, -0.25) is 4.79 Å². The third-order valence-corrected chi connectivity index (χ3v) is 5.46. The maximum atomic E-state index is 12.4. The number of carbonyl (C=O) groups excluding carboxylic acids is 3. The Balaban J connectivity index is 1.91. The number of rotatable bonds is 6. The molecule has 0 fully saturated rings. The minimum absolute atomic E-state index is 0.0240. The lowest BCUT2D eigenvalue weighted by molar-refractivity contribution is -0.118. The van der Waals surface area contributed by atoms with Crippen LogP contribution in [0.5, 0.6) is 0 Å². The summed E-state index contributed by atoms with van der Waals surface area (Å²) in [6.45, 7) is 9.00. The van der Waals surface area contributed by atoms with Crippen LogP contribution < -0.4 is 10.2 Å². The van der Waals surface area contributed by atoms with E-state index in [1.165, 1.54) is 0 Å². The van der Waals surface area contributed by atoms with Crippen LogP contribution in [0, 0.1) is 0 Å². The maximum Gasteiger partial charge on any atom is 0.508 e. The highest BCUT2D eigenvalue weighted by Crippen LogP contribution is 2.40. The zero-order valence-corrected chi connectivity index (χ0v) is 21.2. The summed E-state index contributed by atoms with van der Waals surface area (Å²) in [6.07, 6.45) is 0.282. The minimum atomic E-state index is -0.786. The van der Waals surface area contributed by atoms with Crippen molar-refractivity contribution < 1.29 is 28.6 Å². The van der Waals surface area contributed by atoms with Crippen LogP contribution in [0.3, 0.4) is 0 Å². The average Bonchev–Trinajstić information content (AvgIpc) is 2.75. The summed E-state index contributed by atoms with van der Waals surface area (Å²) in [5, 5.41) is 2.58. The largest absolute Gasteiger partial charge is 0.508 e. The van der Waals surface area contributed by atoms with E-state index in [0.29, 0.717) is 19.3 Å². The smallest absolute Gasteiger partial charge is 0.444 e. The van der Waals surface area contributed by atoms with Crippen LogP contribution in [-0.4, -0.2) is 49.6 Å². The third kappa shape index (κ3) is 8.00. The predicted octanol–water partition coefficient (Wildman–Crippen LogP) is 5.14. The first kappa shape index (κ1) is 26.0. The lowest BCUT2D eigenvalue weighted by Gasteiger charge is -2.30. The van der Waals surface area contributed by atoms with Gasteiger partial charge in [-0.25, -0.2) is 9.59 Å². The van der Waals surface area contributed by atoms with Gasteiger partial charge in [0.25, 0.3) is 0 Å². The first-order chi connectivity index (χ1) is 14.8. The van der Waals surface area contributed by atoms with Gasteiger partial charge in [0.05, 0.1) is 6.54 Å². The van der Waals surface area contributed by atoms with E-state index in [9.17, 15) is 14.4 Å². The number of benzene rings is 1. The molecule has 1 N–H and O–H groups in total. The van der Waals surface area contributed by atoms with E-state index >= 15 is 0 Å². The molecule has 0 bridgehead atoms. The molecule has 1 aliphatic heterocycles. The van der Waals surface area contributed by atoms with E-state index in [1.54, 1.807) is 32.7 Å². The Morgan fingerprint density at radius 2 is 1.88 bits per heavy atom. The van der Waals surface area contributed by atoms with E-state index in [-0.39, 0.29) is 25.0 Å². The molecule has 0 aromatic heterocycles. The second-order valence-electron chi connectivity index (χ2n) is 9.48. The highest BCUT2D eigenvalue weighted by atomic mass is 79.9. The molecule has 1 atom stereocenters. The molecule has 0 saturated carbocycles. The number of alkyl carbamates (subject to hydrolysis) is 1. The van der Waals surface area contributed by atoms with Crippen molar-refractivity contribution in [3.05, 3.63) is 28.2 Å². The van der Waals surface area contributed by atoms with Crippen molar-refractivity contribution in [2.24, 2.45) is 0 Å². The molecule has 1 unspecified atom stereocenters. The summed E-state index contributed by atoms with van der Waals surface area (Å²) in [6, 6.07) is 5.92. The van der Waals surface area contributed by atoms with Gasteiger partial charge in [-0.1, -0.05) is 22.0 Å². The number of amides is 2. The summed E-state index contributed by atoms with van der Waals surface area (Å²) >= 11 is 3.48. The third-order valence-electron chi connectivity index (χ3n) is 4.96. The molecule has 0 spiro atoms. The lowest BCUT2D eigenvalue weighted by Crippen LogP contribution is -2.37. The van der Waals surface area contributed by atoms with E-state index in [4.69, 9.17) is 14.2 Å². The van der Waals surface area contributed by atoms with Crippen molar-refractivity contribution in [3.63, 3.8) is 0 Å². The molecule has 0 saturated heterocycles. The van der Waals surface area contributed by atoms with Crippen molar-refractivity contribution in [2.75, 3.05) is 25.1 Å². The van der Waals surface area contributed by atoms with Gasteiger partial charge in [-0.15, -0.1) is 0 Å². The number of hydrogen-bond donors (Lipinski definition) is 1. The van der Waals surface area contributed by atoms with Crippen molar-refractivity contribution in [1.29, 1.82) is 0 Å². The molecular formula is C23H33BrN2O6. The van der Waals surface area contributed by atoms with Gasteiger partial charge >= 0.3 is 12.2 Å². The minimum Gasteiger partial charge on any atom is -0.444 e. The van der Waals surface area contributed by atoms with Crippen molar-refractivity contribution >= 4 is 39.8 Å². The number of halogens is 1. The standard InChI is InChI=1S/C23H33BrN2O6/c1-22(2,3)32-21(29)30-12-11-25-20(28)31-23(4,5)14-15-7-10-19(27)26(6)18-13-16(24)8-9-17(15)18/h8-9,13,15H,7,10-12,14H2,1-6H3,(H,25,28). The number of fused-ring (bicyclic) bond motifs is 1. The van der Waals surface area contributed by atoms with E-state index < -0.39 is 23.5 Å². The fourth-order valence-corrected chi connectivity index (χ4v) is 3.96. The summed E-state index contributed by atoms with van der Waals surface area (Å²) in [7, 11) is 1.78. The van der Waals surface area contributed by atoms with Gasteiger partial charge in [0.15, 0.2) is 0 Å². The highest BCUT2D eigenvalue weighted by molar-refractivity contribution is 9.10. The SMILES string of the molecule is CN1C(=O)CCC(CC(C)(C)OC(=O)NCCOC(=O)OC(C)(C)C)c2ccc(Br)cc21. The van der Waals surface area contributed by atoms with Crippen LogP contribution in [0.1, 0.15) is 65.4 Å². The number of nitrogens with zero attached hydrogens (tertiary/aromatic N) is 1. The molecular weight excluding hydrogens is 480 g/mol. The molecule has 32 heavy (non-hydrogen) atoms. The molecule has 0 radical (unpaired) electrons. The highest BCUT2D eigenvalue weighted by Gasteiger charge is 2.33. The molecule has 1 aliphatic rings. The number of nitrogens with one attached hydrogen (secondary N) is 1. The lowest BCUT2D eigenvalue weighted by atomic mass is 9.84. The topological polar surface area (TPSA) is 94.2 Å². The van der Waals surface area contributed by atoms with Crippen LogP contribution in [0.2, 0.25) is 0 Å². The molecule has 8 nitrogen and oxygen atoms in total. The summed E-state index contributed by atoms with van der Waals surface area (Å²) in [5.41, 5.74) is 0.521. The Bertz CT molecular complexity index is 849. The average molecular weight is 513 g/mol. The summed E-state index contributed by atoms with van der Waals surface area (Å²) in [4.78, 5) is 37.9. The van der Waals surface area contributed by atoms with Gasteiger partial charge in [0.1, 0.15) is 17.8 Å². The molecule has 1 heterocycles. The molecule has 2 rings (SSSR count). The van der Waals surface area contributed by atoms with E-state index in [0.717, 1.165) is 15.7 Å². The molecule has 1 aromatic carbocycles. The molecule has 9 heteroatoms. The Labute approximate surface area is 198 Å². The summed E-state index contributed by atoms with van der Waals surface area (Å²) in [5.74, 6) is 0.124. The Morgan fingerprint density at radius 1 is 1.19 bits per heavy atom. The zero-order valence-electron chi connectivity index (χ0n) is 19.6. The first-order valence-corrected chi connectivity index (χ1v) is 11.5.